The molecule has 1 aromatic carbocycles. The van der Waals surface area contributed by atoms with Crippen LogP contribution >= 0.6 is 35.3 Å². The van der Waals surface area contributed by atoms with Crippen molar-refractivity contribution < 1.29 is 0 Å². The van der Waals surface area contributed by atoms with Gasteiger partial charge in [0.1, 0.15) is 5.01 Å². The molecule has 1 unspecified atom stereocenters. The van der Waals surface area contributed by atoms with Crippen LogP contribution in [-0.4, -0.2) is 48.6 Å². The van der Waals surface area contributed by atoms with Crippen molar-refractivity contribution in [1.82, 2.24) is 20.5 Å². The second-order valence-electron chi connectivity index (χ2n) is 6.45. The van der Waals surface area contributed by atoms with E-state index >= 15 is 0 Å². The summed E-state index contributed by atoms with van der Waals surface area (Å²) in [5, 5.41) is 7.99. The van der Waals surface area contributed by atoms with Crippen molar-refractivity contribution in [1.29, 1.82) is 0 Å². The van der Waals surface area contributed by atoms with Crippen molar-refractivity contribution >= 4 is 41.3 Å². The molecule has 2 N–H and O–H groups in total. The van der Waals surface area contributed by atoms with E-state index in [1.54, 1.807) is 11.3 Å². The molecule has 0 fully saturated rings. The van der Waals surface area contributed by atoms with Crippen molar-refractivity contribution in [3.8, 4) is 0 Å². The van der Waals surface area contributed by atoms with Gasteiger partial charge >= 0.3 is 0 Å². The monoisotopic (exact) mass is 515 g/mol. The summed E-state index contributed by atoms with van der Waals surface area (Å²) in [6.45, 7) is 10.3. The van der Waals surface area contributed by atoms with E-state index in [0.29, 0.717) is 12.6 Å². The van der Waals surface area contributed by atoms with Gasteiger partial charge in [0.2, 0.25) is 0 Å². The maximum absolute atomic E-state index is 4.46. The van der Waals surface area contributed by atoms with E-state index in [0.717, 1.165) is 43.4 Å². The number of nitrogens with one attached hydrogen (secondary N) is 2. The largest absolute Gasteiger partial charge is 0.355 e. The van der Waals surface area contributed by atoms with Crippen LogP contribution in [0.15, 0.2) is 41.5 Å². The molecular formula is C21H34IN5S. The van der Waals surface area contributed by atoms with Crippen LogP contribution in [-0.2, 0) is 19.4 Å². The van der Waals surface area contributed by atoms with E-state index in [9.17, 15) is 0 Å². The summed E-state index contributed by atoms with van der Waals surface area (Å²) in [6.07, 6.45) is 4.03. The average molecular weight is 516 g/mol. The molecule has 0 saturated carbocycles. The van der Waals surface area contributed by atoms with Crippen LogP contribution in [0, 0.1) is 0 Å². The Bertz CT molecular complexity index is 685. The summed E-state index contributed by atoms with van der Waals surface area (Å²) in [4.78, 5) is 12.7. The first-order valence-corrected chi connectivity index (χ1v) is 10.7. The van der Waals surface area contributed by atoms with Crippen LogP contribution in [0.3, 0.4) is 0 Å². The summed E-state index contributed by atoms with van der Waals surface area (Å²) in [6, 6.07) is 11.1. The Morgan fingerprint density at radius 3 is 2.43 bits per heavy atom. The van der Waals surface area contributed by atoms with Crippen molar-refractivity contribution in [3.05, 3.63) is 52.0 Å². The normalized spacial score (nSPS) is 12.5. The van der Waals surface area contributed by atoms with Crippen LogP contribution in [0.5, 0.6) is 0 Å². The third-order valence-corrected chi connectivity index (χ3v) is 5.87. The van der Waals surface area contributed by atoms with Gasteiger partial charge in [-0.2, -0.15) is 0 Å². The van der Waals surface area contributed by atoms with E-state index < -0.39 is 0 Å². The number of benzene rings is 1. The SMILES string of the molecule is CCc1cnc(CNC(=NC)NCC(Cc2ccccc2)N(CC)CC)s1.I. The first kappa shape index (κ1) is 24.8. The molecule has 0 bridgehead atoms. The number of aliphatic imine (C=N–C) groups is 1. The second-order valence-corrected chi connectivity index (χ2v) is 7.65. The molecule has 0 aliphatic rings. The highest BCUT2D eigenvalue weighted by atomic mass is 127. The Morgan fingerprint density at radius 1 is 1.14 bits per heavy atom. The number of likely N-dealkylation sites (N-methyl/N-ethyl adjacent to an activating group) is 1. The molecule has 0 aliphatic carbocycles. The number of aryl methyl sites for hydroxylation is 1. The average Bonchev–Trinajstić information content (AvgIpc) is 3.17. The zero-order chi connectivity index (χ0) is 19.5. The number of hydrogen-bond acceptors (Lipinski definition) is 4. The molecule has 5 nitrogen and oxygen atoms in total. The Morgan fingerprint density at radius 2 is 1.86 bits per heavy atom. The van der Waals surface area contributed by atoms with Crippen LogP contribution < -0.4 is 10.6 Å². The number of rotatable bonds is 10. The van der Waals surface area contributed by atoms with Crippen LogP contribution in [0.25, 0.3) is 0 Å². The highest BCUT2D eigenvalue weighted by molar-refractivity contribution is 14.0. The quantitative estimate of drug-likeness (QED) is 0.286. The van der Waals surface area contributed by atoms with E-state index in [2.05, 4.69) is 76.6 Å². The number of hydrogen-bond donors (Lipinski definition) is 2. The van der Waals surface area contributed by atoms with Crippen molar-refractivity contribution in [2.75, 3.05) is 26.7 Å². The minimum absolute atomic E-state index is 0. The van der Waals surface area contributed by atoms with E-state index in [1.165, 1.54) is 10.4 Å². The van der Waals surface area contributed by atoms with Gasteiger partial charge < -0.3 is 10.6 Å². The molecule has 0 aliphatic heterocycles. The van der Waals surface area contributed by atoms with Crippen molar-refractivity contribution in [2.24, 2.45) is 4.99 Å². The van der Waals surface area contributed by atoms with Gasteiger partial charge in [0.15, 0.2) is 5.96 Å². The van der Waals surface area contributed by atoms with Crippen LogP contribution in [0.1, 0.15) is 36.2 Å². The lowest BCUT2D eigenvalue weighted by molar-refractivity contribution is 0.215. The molecule has 28 heavy (non-hydrogen) atoms. The number of guanidine groups is 1. The fourth-order valence-electron chi connectivity index (χ4n) is 3.14. The van der Waals surface area contributed by atoms with Gasteiger partial charge in [-0.1, -0.05) is 51.1 Å². The summed E-state index contributed by atoms with van der Waals surface area (Å²) >= 11 is 1.76. The summed E-state index contributed by atoms with van der Waals surface area (Å²) in [7, 11) is 1.82. The molecule has 1 heterocycles. The van der Waals surface area contributed by atoms with E-state index in [1.807, 2.05) is 13.2 Å². The highest BCUT2D eigenvalue weighted by Gasteiger charge is 2.17. The predicted octanol–water partition coefficient (Wildman–Crippen LogP) is 3.94. The Kier molecular flexibility index (Phi) is 12.3. The molecular weight excluding hydrogens is 481 g/mol. The maximum Gasteiger partial charge on any atom is 0.191 e. The molecule has 156 valence electrons. The third-order valence-electron chi connectivity index (χ3n) is 4.73. The summed E-state index contributed by atoms with van der Waals surface area (Å²) < 4.78 is 0. The molecule has 1 atom stereocenters. The first-order valence-electron chi connectivity index (χ1n) is 9.86. The van der Waals surface area contributed by atoms with Crippen molar-refractivity contribution in [2.45, 2.75) is 46.2 Å². The topological polar surface area (TPSA) is 52.6 Å². The highest BCUT2D eigenvalue weighted by Crippen LogP contribution is 2.13. The van der Waals surface area contributed by atoms with Gasteiger partial charge in [0.05, 0.1) is 6.54 Å². The molecule has 0 radical (unpaired) electrons. The lowest BCUT2D eigenvalue weighted by Crippen LogP contribution is -2.48. The zero-order valence-electron chi connectivity index (χ0n) is 17.4. The second kappa shape index (κ2) is 13.9. The fourth-order valence-corrected chi connectivity index (χ4v) is 3.95. The molecule has 0 spiro atoms. The lowest BCUT2D eigenvalue weighted by atomic mass is 10.0. The predicted molar refractivity (Wildman–Crippen MR) is 132 cm³/mol. The third kappa shape index (κ3) is 8.05. The van der Waals surface area contributed by atoms with Crippen LogP contribution in [0.4, 0.5) is 0 Å². The van der Waals surface area contributed by atoms with Gasteiger partial charge in [0, 0.05) is 30.7 Å². The lowest BCUT2D eigenvalue weighted by Gasteiger charge is -2.30. The number of nitrogens with zero attached hydrogens (tertiary/aromatic N) is 3. The first-order chi connectivity index (χ1) is 13.2. The fraction of sp³-hybridized carbons (Fsp3) is 0.524. The van der Waals surface area contributed by atoms with E-state index in [-0.39, 0.29) is 24.0 Å². The molecule has 0 saturated heterocycles. The Hall–Kier alpha value is -1.19. The summed E-state index contributed by atoms with van der Waals surface area (Å²) in [5.74, 6) is 0.827. The number of aromatic nitrogens is 1. The molecule has 7 heteroatoms. The Balaban J connectivity index is 0.00000392. The molecule has 0 amide bonds. The van der Waals surface area contributed by atoms with E-state index in [4.69, 9.17) is 0 Å². The van der Waals surface area contributed by atoms with Crippen LogP contribution in [0.2, 0.25) is 0 Å². The molecule has 2 aromatic rings. The van der Waals surface area contributed by atoms with Gasteiger partial charge in [-0.25, -0.2) is 4.98 Å². The van der Waals surface area contributed by atoms with Gasteiger partial charge in [-0.15, -0.1) is 35.3 Å². The minimum Gasteiger partial charge on any atom is -0.355 e. The number of halogens is 1. The standard InChI is InChI=1S/C21H33N5S.HI/c1-5-19-15-23-20(27-19)16-25-21(22-4)24-14-18(26(6-2)7-3)13-17-11-9-8-10-12-17;/h8-12,15,18H,5-7,13-14,16H2,1-4H3,(H2,22,24,25);1H. The molecule has 2 rings (SSSR count). The van der Waals surface area contributed by atoms with Crippen molar-refractivity contribution in [3.63, 3.8) is 0 Å². The molecule has 1 aromatic heterocycles. The van der Waals surface area contributed by atoms with Gasteiger partial charge in [0.25, 0.3) is 0 Å². The number of thiazole rings is 1. The van der Waals surface area contributed by atoms with Gasteiger partial charge in [-0.3, -0.25) is 9.89 Å². The van der Waals surface area contributed by atoms with Gasteiger partial charge in [-0.05, 0) is 31.5 Å². The zero-order valence-corrected chi connectivity index (χ0v) is 20.6. The Labute approximate surface area is 191 Å². The summed E-state index contributed by atoms with van der Waals surface area (Å²) in [5.41, 5.74) is 1.37. The smallest absolute Gasteiger partial charge is 0.191 e. The minimum atomic E-state index is 0. The maximum atomic E-state index is 4.46.